The molecule has 1 aromatic heterocycles. The van der Waals surface area contributed by atoms with Crippen molar-refractivity contribution in [1.29, 1.82) is 0 Å². The van der Waals surface area contributed by atoms with Gasteiger partial charge in [0.05, 0.1) is 12.3 Å². The molecule has 0 saturated carbocycles. The third-order valence-corrected chi connectivity index (χ3v) is 3.75. The Morgan fingerprint density at radius 1 is 0.864 bits per heavy atom. The summed E-state index contributed by atoms with van der Waals surface area (Å²) in [7, 11) is 0. The lowest BCUT2D eigenvalue weighted by atomic mass is 9.96. The Morgan fingerprint density at radius 3 is 2.23 bits per heavy atom. The Morgan fingerprint density at radius 2 is 1.59 bits per heavy atom. The van der Waals surface area contributed by atoms with Gasteiger partial charge in [0.15, 0.2) is 5.69 Å². The average molecular weight is 284 g/mol. The minimum absolute atomic E-state index is 0.665. The van der Waals surface area contributed by atoms with Crippen LogP contribution >= 0.6 is 0 Å². The molecule has 1 heterocycles. The van der Waals surface area contributed by atoms with E-state index in [2.05, 4.69) is 41.0 Å². The van der Waals surface area contributed by atoms with E-state index in [-0.39, 0.29) is 0 Å². The van der Waals surface area contributed by atoms with Crippen molar-refractivity contribution < 1.29 is 0 Å². The van der Waals surface area contributed by atoms with Crippen molar-refractivity contribution in [2.75, 3.05) is 0 Å². The van der Waals surface area contributed by atoms with Gasteiger partial charge >= 0.3 is 0 Å². The van der Waals surface area contributed by atoms with Crippen LogP contribution in [0.3, 0.4) is 0 Å². The maximum absolute atomic E-state index is 7.04. The summed E-state index contributed by atoms with van der Waals surface area (Å²) in [6, 6.07) is 18.2. The monoisotopic (exact) mass is 284 g/mol. The number of aryl methyl sites for hydroxylation is 2. The molecule has 3 rings (SSSR count). The van der Waals surface area contributed by atoms with E-state index in [1.165, 1.54) is 11.1 Å². The van der Waals surface area contributed by atoms with Crippen LogP contribution in [0.4, 0.5) is 5.69 Å². The second-order valence-electron chi connectivity index (χ2n) is 5.41. The van der Waals surface area contributed by atoms with Gasteiger partial charge in [-0.25, -0.2) is 4.85 Å². The van der Waals surface area contributed by atoms with Crippen molar-refractivity contribution in [3.8, 4) is 22.4 Å². The molecule has 0 amide bonds. The standard InChI is InChI=1S/C20H16N2/c1-14-4-11-20(22-13-14)17-6-5-15(2)19(12-17)16-7-9-18(21-3)10-8-16/h4-13H,1-2H3. The van der Waals surface area contributed by atoms with Crippen LogP contribution in [0.15, 0.2) is 60.8 Å². The lowest BCUT2D eigenvalue weighted by Crippen LogP contribution is -1.88. The third kappa shape index (κ3) is 2.75. The number of nitrogens with zero attached hydrogens (tertiary/aromatic N) is 2. The molecular weight excluding hydrogens is 268 g/mol. The third-order valence-electron chi connectivity index (χ3n) is 3.75. The number of benzene rings is 2. The van der Waals surface area contributed by atoms with Gasteiger partial charge in [-0.15, -0.1) is 0 Å². The molecule has 2 aromatic carbocycles. The van der Waals surface area contributed by atoms with Gasteiger partial charge in [0, 0.05) is 11.8 Å². The summed E-state index contributed by atoms with van der Waals surface area (Å²) in [4.78, 5) is 7.94. The van der Waals surface area contributed by atoms with Crippen LogP contribution in [-0.2, 0) is 0 Å². The molecule has 0 N–H and O–H groups in total. The maximum Gasteiger partial charge on any atom is 0.187 e. The summed E-state index contributed by atoms with van der Waals surface area (Å²) in [5, 5.41) is 0. The number of rotatable bonds is 2. The number of pyridine rings is 1. The Labute approximate surface area is 130 Å². The molecule has 0 unspecified atom stereocenters. The van der Waals surface area contributed by atoms with Crippen molar-refractivity contribution >= 4 is 5.69 Å². The summed E-state index contributed by atoms with van der Waals surface area (Å²) in [5.74, 6) is 0. The highest BCUT2D eigenvalue weighted by Crippen LogP contribution is 2.29. The molecule has 0 spiro atoms. The molecule has 0 aliphatic heterocycles. The lowest BCUT2D eigenvalue weighted by molar-refractivity contribution is 1.27. The lowest BCUT2D eigenvalue weighted by Gasteiger charge is -2.09. The summed E-state index contributed by atoms with van der Waals surface area (Å²) < 4.78 is 0. The predicted molar refractivity (Wildman–Crippen MR) is 90.8 cm³/mol. The normalized spacial score (nSPS) is 10.2. The maximum atomic E-state index is 7.04. The number of hydrogen-bond donors (Lipinski definition) is 0. The van der Waals surface area contributed by atoms with E-state index in [1.54, 1.807) is 0 Å². The zero-order valence-corrected chi connectivity index (χ0v) is 12.7. The highest BCUT2D eigenvalue weighted by atomic mass is 14.7. The summed E-state index contributed by atoms with van der Waals surface area (Å²) in [6.07, 6.45) is 1.89. The van der Waals surface area contributed by atoms with E-state index in [0.29, 0.717) is 5.69 Å². The van der Waals surface area contributed by atoms with E-state index in [4.69, 9.17) is 6.57 Å². The van der Waals surface area contributed by atoms with Gasteiger partial charge < -0.3 is 0 Å². The van der Waals surface area contributed by atoms with Gasteiger partial charge in [-0.1, -0.05) is 42.5 Å². The van der Waals surface area contributed by atoms with E-state index in [9.17, 15) is 0 Å². The molecular formula is C20H16N2. The van der Waals surface area contributed by atoms with Crippen molar-refractivity contribution in [2.24, 2.45) is 0 Å². The van der Waals surface area contributed by atoms with E-state index in [0.717, 1.165) is 22.4 Å². The van der Waals surface area contributed by atoms with Gasteiger partial charge in [0.25, 0.3) is 0 Å². The largest absolute Gasteiger partial charge is 0.256 e. The fourth-order valence-corrected chi connectivity index (χ4v) is 2.45. The zero-order valence-electron chi connectivity index (χ0n) is 12.7. The second-order valence-corrected chi connectivity index (χ2v) is 5.41. The minimum atomic E-state index is 0.665. The van der Waals surface area contributed by atoms with Crippen LogP contribution in [0.1, 0.15) is 11.1 Å². The van der Waals surface area contributed by atoms with Crippen molar-refractivity contribution in [2.45, 2.75) is 13.8 Å². The summed E-state index contributed by atoms with van der Waals surface area (Å²) in [5.41, 5.74) is 7.42. The molecule has 0 atom stereocenters. The van der Waals surface area contributed by atoms with Crippen LogP contribution in [0, 0.1) is 20.4 Å². The first-order chi connectivity index (χ1) is 10.7. The zero-order chi connectivity index (χ0) is 15.5. The Bertz CT molecular complexity index is 838. The van der Waals surface area contributed by atoms with E-state index < -0.39 is 0 Å². The fraction of sp³-hybridized carbons (Fsp3) is 0.100. The van der Waals surface area contributed by atoms with Gasteiger partial charge in [-0.05, 0) is 48.2 Å². The van der Waals surface area contributed by atoms with Crippen LogP contribution < -0.4 is 0 Å². The smallest absolute Gasteiger partial charge is 0.187 e. The highest BCUT2D eigenvalue weighted by Gasteiger charge is 2.06. The van der Waals surface area contributed by atoms with Crippen molar-refractivity contribution in [3.05, 3.63) is 83.3 Å². The van der Waals surface area contributed by atoms with Gasteiger partial charge in [-0.3, -0.25) is 4.98 Å². The van der Waals surface area contributed by atoms with E-state index >= 15 is 0 Å². The second kappa shape index (κ2) is 5.83. The van der Waals surface area contributed by atoms with Crippen LogP contribution in [0.25, 0.3) is 27.2 Å². The molecule has 106 valence electrons. The van der Waals surface area contributed by atoms with Gasteiger partial charge in [0.2, 0.25) is 0 Å². The number of hydrogen-bond acceptors (Lipinski definition) is 1. The summed E-state index contributed by atoms with van der Waals surface area (Å²) in [6.45, 7) is 11.2. The minimum Gasteiger partial charge on any atom is -0.256 e. The quantitative estimate of drug-likeness (QED) is 0.561. The predicted octanol–water partition coefficient (Wildman–Crippen LogP) is 5.58. The molecule has 2 nitrogen and oxygen atoms in total. The van der Waals surface area contributed by atoms with Crippen LogP contribution in [0.5, 0.6) is 0 Å². The van der Waals surface area contributed by atoms with E-state index in [1.807, 2.05) is 43.5 Å². The molecule has 0 aliphatic rings. The van der Waals surface area contributed by atoms with Gasteiger partial charge in [-0.2, -0.15) is 0 Å². The Kier molecular flexibility index (Phi) is 3.72. The fourth-order valence-electron chi connectivity index (χ4n) is 2.45. The SMILES string of the molecule is [C-]#[N+]c1ccc(-c2cc(-c3ccc(C)cn3)ccc2C)cc1. The summed E-state index contributed by atoms with van der Waals surface area (Å²) >= 11 is 0. The molecule has 0 fully saturated rings. The van der Waals surface area contributed by atoms with Gasteiger partial charge in [0.1, 0.15) is 0 Å². The first kappa shape index (κ1) is 14.0. The molecule has 0 radical (unpaired) electrons. The van der Waals surface area contributed by atoms with Crippen LogP contribution in [0.2, 0.25) is 0 Å². The molecule has 0 bridgehead atoms. The van der Waals surface area contributed by atoms with Crippen LogP contribution in [-0.4, -0.2) is 4.98 Å². The molecule has 3 aromatic rings. The Hall–Kier alpha value is -2.92. The first-order valence-electron chi connectivity index (χ1n) is 7.19. The molecule has 2 heteroatoms. The molecule has 0 aliphatic carbocycles. The average Bonchev–Trinajstić information content (AvgIpc) is 2.56. The molecule has 22 heavy (non-hydrogen) atoms. The Balaban J connectivity index is 2.06. The topological polar surface area (TPSA) is 17.2 Å². The van der Waals surface area contributed by atoms with Crippen molar-refractivity contribution in [1.82, 2.24) is 4.98 Å². The highest BCUT2D eigenvalue weighted by molar-refractivity contribution is 5.75. The van der Waals surface area contributed by atoms with Crippen molar-refractivity contribution in [3.63, 3.8) is 0 Å². The first-order valence-corrected chi connectivity index (χ1v) is 7.19. The number of aromatic nitrogens is 1. The molecule has 0 saturated heterocycles.